The molecule has 0 aliphatic carbocycles. The number of piperidine rings is 1. The van der Waals surface area contributed by atoms with E-state index in [1.807, 2.05) is 24.5 Å². The van der Waals surface area contributed by atoms with Crippen molar-refractivity contribution < 1.29 is 0 Å². The first kappa shape index (κ1) is 15.5. The van der Waals surface area contributed by atoms with E-state index in [2.05, 4.69) is 36.3 Å². The number of thiophene rings is 1. The Labute approximate surface area is 148 Å². The maximum absolute atomic E-state index is 5.95. The van der Waals surface area contributed by atoms with Crippen molar-refractivity contribution >= 4 is 34.9 Å². The second-order valence-corrected chi connectivity index (χ2v) is 7.98. The lowest BCUT2D eigenvalue weighted by atomic mass is 9.97. The third-order valence-electron chi connectivity index (χ3n) is 4.06. The summed E-state index contributed by atoms with van der Waals surface area (Å²) in [6, 6.07) is 6.16. The maximum atomic E-state index is 5.95. The average molecular weight is 358 g/mol. The van der Waals surface area contributed by atoms with E-state index in [4.69, 9.17) is 5.73 Å². The number of nitrogens with two attached hydrogens (primary N) is 1. The van der Waals surface area contributed by atoms with E-state index in [-0.39, 0.29) is 0 Å². The molecule has 0 aromatic carbocycles. The minimum atomic E-state index is 0.326. The summed E-state index contributed by atoms with van der Waals surface area (Å²) in [5.74, 6) is 2.68. The number of H-pyrrole nitrogens is 1. The molecule has 1 aliphatic rings. The zero-order chi connectivity index (χ0) is 16.4. The van der Waals surface area contributed by atoms with E-state index in [0.717, 1.165) is 42.6 Å². The Balaban J connectivity index is 1.55. The monoisotopic (exact) mass is 358 g/mol. The predicted molar refractivity (Wildman–Crippen MR) is 97.7 cm³/mol. The van der Waals surface area contributed by atoms with Crippen molar-refractivity contribution in [2.24, 2.45) is 0 Å². The quantitative estimate of drug-likeness (QED) is 0.696. The zero-order valence-corrected chi connectivity index (χ0v) is 14.7. The van der Waals surface area contributed by atoms with E-state index in [1.54, 1.807) is 23.1 Å². The molecule has 0 bridgehead atoms. The van der Waals surface area contributed by atoms with Gasteiger partial charge in [-0.1, -0.05) is 17.8 Å². The molecule has 1 saturated heterocycles. The van der Waals surface area contributed by atoms with Crippen LogP contribution in [0.25, 0.3) is 0 Å². The van der Waals surface area contributed by atoms with Gasteiger partial charge >= 0.3 is 0 Å². The van der Waals surface area contributed by atoms with Gasteiger partial charge in [0, 0.05) is 37.5 Å². The molecule has 0 amide bonds. The van der Waals surface area contributed by atoms with Crippen molar-refractivity contribution in [2.45, 2.75) is 28.0 Å². The van der Waals surface area contributed by atoms with Gasteiger partial charge in [-0.2, -0.15) is 4.98 Å². The van der Waals surface area contributed by atoms with Crippen molar-refractivity contribution in [3.05, 3.63) is 41.8 Å². The topological polar surface area (TPSA) is 83.7 Å². The van der Waals surface area contributed by atoms with Gasteiger partial charge in [-0.05, 0) is 24.3 Å². The zero-order valence-electron chi connectivity index (χ0n) is 13.1. The van der Waals surface area contributed by atoms with Gasteiger partial charge in [0.25, 0.3) is 0 Å². The lowest BCUT2D eigenvalue weighted by Gasteiger charge is -2.32. The Kier molecular flexibility index (Phi) is 4.40. The van der Waals surface area contributed by atoms with Crippen LogP contribution in [-0.4, -0.2) is 33.0 Å². The maximum Gasteiger partial charge on any atom is 0.223 e. The SMILES string of the molecule is Nc1nc(Sc2cccs2)cc(N2CCCC(c3ncc[nH]3)C2)n1. The number of nitrogen functional groups attached to an aromatic ring is 1. The molecule has 124 valence electrons. The Hall–Kier alpha value is -2.06. The second kappa shape index (κ2) is 6.82. The van der Waals surface area contributed by atoms with Crippen LogP contribution in [0.4, 0.5) is 11.8 Å². The van der Waals surface area contributed by atoms with Crippen molar-refractivity contribution in [1.82, 2.24) is 19.9 Å². The summed E-state index contributed by atoms with van der Waals surface area (Å²) in [4.78, 5) is 18.7. The minimum absolute atomic E-state index is 0.326. The van der Waals surface area contributed by atoms with Crippen molar-refractivity contribution in [3.8, 4) is 0 Å². The smallest absolute Gasteiger partial charge is 0.223 e. The largest absolute Gasteiger partial charge is 0.368 e. The molecule has 0 spiro atoms. The van der Waals surface area contributed by atoms with Crippen LogP contribution >= 0.6 is 23.1 Å². The summed E-state index contributed by atoms with van der Waals surface area (Å²) < 4.78 is 1.20. The highest BCUT2D eigenvalue weighted by atomic mass is 32.2. The molecule has 4 rings (SSSR count). The number of anilines is 2. The van der Waals surface area contributed by atoms with Gasteiger partial charge in [0.2, 0.25) is 5.95 Å². The number of hydrogen-bond donors (Lipinski definition) is 2. The summed E-state index contributed by atoms with van der Waals surface area (Å²) in [6.45, 7) is 1.88. The summed E-state index contributed by atoms with van der Waals surface area (Å²) in [6.07, 6.45) is 5.95. The molecule has 0 saturated carbocycles. The fraction of sp³-hybridized carbons (Fsp3) is 0.312. The van der Waals surface area contributed by atoms with Crippen LogP contribution in [0, 0.1) is 0 Å². The van der Waals surface area contributed by atoms with Crippen molar-refractivity contribution in [3.63, 3.8) is 0 Å². The van der Waals surface area contributed by atoms with Crippen LogP contribution in [0.15, 0.2) is 45.2 Å². The van der Waals surface area contributed by atoms with Gasteiger partial charge in [0.05, 0.1) is 4.21 Å². The molecule has 8 heteroatoms. The molecule has 1 aliphatic heterocycles. The summed E-state index contributed by atoms with van der Waals surface area (Å²) in [5, 5.41) is 2.95. The number of aromatic nitrogens is 4. The third kappa shape index (κ3) is 3.39. The highest BCUT2D eigenvalue weighted by Crippen LogP contribution is 2.33. The van der Waals surface area contributed by atoms with E-state index >= 15 is 0 Å². The van der Waals surface area contributed by atoms with Gasteiger partial charge in [-0.15, -0.1) is 11.3 Å². The van der Waals surface area contributed by atoms with Crippen LogP contribution in [-0.2, 0) is 0 Å². The summed E-state index contributed by atoms with van der Waals surface area (Å²) in [5.41, 5.74) is 5.95. The van der Waals surface area contributed by atoms with Gasteiger partial charge < -0.3 is 15.6 Å². The second-order valence-electron chi connectivity index (χ2n) is 5.72. The lowest BCUT2D eigenvalue weighted by molar-refractivity contribution is 0.491. The molecular formula is C16H18N6S2. The van der Waals surface area contributed by atoms with Crippen LogP contribution in [0.2, 0.25) is 0 Å². The molecule has 6 nitrogen and oxygen atoms in total. The Morgan fingerprint density at radius 1 is 1.38 bits per heavy atom. The fourth-order valence-corrected chi connectivity index (χ4v) is 4.70. The van der Waals surface area contributed by atoms with Crippen LogP contribution < -0.4 is 10.6 Å². The summed E-state index contributed by atoms with van der Waals surface area (Å²) in [7, 11) is 0. The number of hydrogen-bond acceptors (Lipinski definition) is 7. The highest BCUT2D eigenvalue weighted by Gasteiger charge is 2.24. The first-order valence-corrected chi connectivity index (χ1v) is 9.58. The number of imidazole rings is 1. The number of nitrogens with zero attached hydrogens (tertiary/aromatic N) is 4. The predicted octanol–water partition coefficient (Wildman–Crippen LogP) is 3.38. The first-order chi connectivity index (χ1) is 11.8. The number of rotatable bonds is 4. The van der Waals surface area contributed by atoms with Crippen LogP contribution in [0.1, 0.15) is 24.6 Å². The minimum Gasteiger partial charge on any atom is -0.368 e. The molecule has 0 radical (unpaired) electrons. The van der Waals surface area contributed by atoms with Crippen molar-refractivity contribution in [1.29, 1.82) is 0 Å². The van der Waals surface area contributed by atoms with Gasteiger partial charge in [0.1, 0.15) is 16.7 Å². The molecule has 1 fully saturated rings. The lowest BCUT2D eigenvalue weighted by Crippen LogP contribution is -2.35. The van der Waals surface area contributed by atoms with E-state index in [0.29, 0.717) is 11.9 Å². The van der Waals surface area contributed by atoms with Crippen LogP contribution in [0.5, 0.6) is 0 Å². The van der Waals surface area contributed by atoms with E-state index < -0.39 is 0 Å². The Morgan fingerprint density at radius 3 is 3.12 bits per heavy atom. The van der Waals surface area contributed by atoms with E-state index in [9.17, 15) is 0 Å². The first-order valence-electron chi connectivity index (χ1n) is 7.88. The number of aromatic amines is 1. The molecule has 4 heterocycles. The average Bonchev–Trinajstić information content (AvgIpc) is 3.28. The molecular weight excluding hydrogens is 340 g/mol. The Morgan fingerprint density at radius 2 is 2.33 bits per heavy atom. The fourth-order valence-electron chi connectivity index (χ4n) is 2.98. The van der Waals surface area contributed by atoms with Crippen LogP contribution in [0.3, 0.4) is 0 Å². The molecule has 3 aromatic heterocycles. The molecule has 3 aromatic rings. The Bertz CT molecular complexity index is 787. The van der Waals surface area contributed by atoms with Crippen molar-refractivity contribution in [2.75, 3.05) is 23.7 Å². The standard InChI is InChI=1S/C16H18N6S2/c17-16-20-12(9-13(21-16)24-14-4-2-8-23-14)22-7-1-3-11(10-22)15-18-5-6-19-15/h2,4-6,8-9,11H,1,3,7,10H2,(H,18,19)(H2,17,20,21). The van der Waals surface area contributed by atoms with Gasteiger partial charge in [-0.25, -0.2) is 9.97 Å². The normalized spacial score (nSPS) is 18.0. The molecule has 3 N–H and O–H groups in total. The number of nitrogens with one attached hydrogen (secondary N) is 1. The van der Waals surface area contributed by atoms with Gasteiger partial charge in [-0.3, -0.25) is 0 Å². The van der Waals surface area contributed by atoms with Gasteiger partial charge in [0.15, 0.2) is 0 Å². The molecule has 1 unspecified atom stereocenters. The highest BCUT2D eigenvalue weighted by molar-refractivity contribution is 8.01. The third-order valence-corrected chi connectivity index (χ3v) is 6.01. The molecule has 24 heavy (non-hydrogen) atoms. The van der Waals surface area contributed by atoms with E-state index in [1.165, 1.54) is 4.21 Å². The molecule has 1 atom stereocenters. The summed E-state index contributed by atoms with van der Waals surface area (Å²) >= 11 is 3.33.